The number of nitrogens with zero attached hydrogens (tertiary/aromatic N) is 2. The second-order valence-electron chi connectivity index (χ2n) is 7.03. The van der Waals surface area contributed by atoms with E-state index in [2.05, 4.69) is 10.3 Å². The maximum Gasteiger partial charge on any atom is 0.249 e. The van der Waals surface area contributed by atoms with E-state index >= 15 is 0 Å². The number of nitrogens with one attached hydrogen (secondary N) is 1. The van der Waals surface area contributed by atoms with Gasteiger partial charge in [0.25, 0.3) is 0 Å². The molecule has 1 aromatic heterocycles. The number of likely N-dealkylation sites (tertiary alicyclic amines) is 1. The first-order chi connectivity index (χ1) is 13.9. The third-order valence-corrected chi connectivity index (χ3v) is 6.00. The van der Waals surface area contributed by atoms with Crippen LogP contribution in [0.1, 0.15) is 19.8 Å². The van der Waals surface area contributed by atoms with Crippen LogP contribution in [-0.4, -0.2) is 33.6 Å². The zero-order valence-electron chi connectivity index (χ0n) is 15.4. The molecule has 4 rings (SSSR count). The highest BCUT2D eigenvalue weighted by atomic mass is 32.1. The number of halogens is 2. The Hall–Kier alpha value is -2.94. The molecule has 9 heteroatoms. The summed E-state index contributed by atoms with van der Waals surface area (Å²) in [6.45, 7) is 1.48. The second kappa shape index (κ2) is 7.47. The summed E-state index contributed by atoms with van der Waals surface area (Å²) >= 11 is 1.04. The van der Waals surface area contributed by atoms with Crippen molar-refractivity contribution in [1.29, 1.82) is 0 Å². The molecule has 2 aliphatic rings. The molecule has 0 radical (unpaired) electrons. The topological polar surface area (TPSA) is 79.4 Å². The maximum atomic E-state index is 13.9. The Balaban J connectivity index is 1.49. The van der Waals surface area contributed by atoms with E-state index in [4.69, 9.17) is 0 Å². The van der Waals surface area contributed by atoms with Crippen LogP contribution >= 0.6 is 11.3 Å². The largest absolute Gasteiger partial charge is 0.300 e. The quantitative estimate of drug-likeness (QED) is 0.611. The van der Waals surface area contributed by atoms with Gasteiger partial charge in [-0.25, -0.2) is 13.8 Å². The van der Waals surface area contributed by atoms with E-state index in [0.29, 0.717) is 12.8 Å². The molecule has 29 heavy (non-hydrogen) atoms. The van der Waals surface area contributed by atoms with Gasteiger partial charge in [0, 0.05) is 10.9 Å². The predicted octanol–water partition coefficient (Wildman–Crippen LogP) is 3.37. The van der Waals surface area contributed by atoms with Crippen LogP contribution in [-0.2, 0) is 14.4 Å². The van der Waals surface area contributed by atoms with Crippen LogP contribution in [0, 0.1) is 23.5 Å². The molecule has 1 fully saturated rings. The van der Waals surface area contributed by atoms with Crippen molar-refractivity contribution >= 4 is 34.2 Å². The van der Waals surface area contributed by atoms with E-state index in [0.717, 1.165) is 34.4 Å². The molecule has 0 bridgehead atoms. The van der Waals surface area contributed by atoms with E-state index < -0.39 is 35.4 Å². The Kier molecular flexibility index (Phi) is 4.99. The van der Waals surface area contributed by atoms with Gasteiger partial charge in [0.1, 0.15) is 17.7 Å². The fraction of sp³-hybridized carbons (Fsp3) is 0.300. The van der Waals surface area contributed by atoms with E-state index in [1.807, 2.05) is 12.2 Å². The average molecular weight is 417 g/mol. The van der Waals surface area contributed by atoms with Crippen LogP contribution < -0.4 is 5.32 Å². The summed E-state index contributed by atoms with van der Waals surface area (Å²) in [5.74, 6) is -3.31. The van der Waals surface area contributed by atoms with Gasteiger partial charge in [-0.05, 0) is 38.0 Å². The van der Waals surface area contributed by atoms with Crippen molar-refractivity contribution in [2.24, 2.45) is 11.8 Å². The number of rotatable bonds is 4. The first kappa shape index (κ1) is 19.4. The van der Waals surface area contributed by atoms with Gasteiger partial charge in [-0.2, -0.15) is 0 Å². The number of benzene rings is 1. The smallest absolute Gasteiger partial charge is 0.249 e. The lowest BCUT2D eigenvalue weighted by molar-refractivity contribution is -0.146. The van der Waals surface area contributed by atoms with Gasteiger partial charge in [-0.3, -0.25) is 19.3 Å². The first-order valence-electron chi connectivity index (χ1n) is 9.10. The Morgan fingerprint density at radius 2 is 1.86 bits per heavy atom. The molecule has 6 nitrogen and oxygen atoms in total. The van der Waals surface area contributed by atoms with Crippen molar-refractivity contribution in [2.45, 2.75) is 25.8 Å². The van der Waals surface area contributed by atoms with Crippen LogP contribution in [0.3, 0.4) is 0 Å². The Morgan fingerprint density at radius 3 is 2.52 bits per heavy atom. The fourth-order valence-electron chi connectivity index (χ4n) is 3.68. The Bertz CT molecular complexity index is 1010. The molecule has 2 heterocycles. The van der Waals surface area contributed by atoms with Crippen molar-refractivity contribution in [3.63, 3.8) is 0 Å². The Morgan fingerprint density at radius 1 is 1.21 bits per heavy atom. The van der Waals surface area contributed by atoms with Gasteiger partial charge in [-0.1, -0.05) is 12.2 Å². The van der Waals surface area contributed by atoms with Crippen LogP contribution in [0.2, 0.25) is 0 Å². The second-order valence-corrected chi connectivity index (χ2v) is 7.89. The number of imide groups is 1. The fourth-order valence-corrected chi connectivity index (χ4v) is 4.40. The summed E-state index contributed by atoms with van der Waals surface area (Å²) in [4.78, 5) is 43.0. The molecular weight excluding hydrogens is 400 g/mol. The summed E-state index contributed by atoms with van der Waals surface area (Å²) in [5, 5.41) is 4.21. The summed E-state index contributed by atoms with van der Waals surface area (Å²) in [6, 6.07) is 2.03. The van der Waals surface area contributed by atoms with Crippen LogP contribution in [0.5, 0.6) is 0 Å². The predicted molar refractivity (Wildman–Crippen MR) is 103 cm³/mol. The molecule has 1 aliphatic heterocycles. The van der Waals surface area contributed by atoms with Crippen LogP contribution in [0.25, 0.3) is 11.3 Å². The molecular formula is C20H17F2N3O3S. The highest BCUT2D eigenvalue weighted by molar-refractivity contribution is 7.14. The third-order valence-electron chi connectivity index (χ3n) is 5.25. The van der Waals surface area contributed by atoms with Crippen molar-refractivity contribution in [1.82, 2.24) is 9.88 Å². The van der Waals surface area contributed by atoms with Crippen molar-refractivity contribution < 1.29 is 23.2 Å². The standard InChI is InChI=1S/C20H17F2N3O3S/c1-10(25-18(27)12-4-2-3-5-13(12)19(25)28)17(26)24-20-23-16(9-29-20)14-8-11(21)6-7-15(14)22/h2-3,6-10,12-13H,4-5H2,1H3,(H,23,24,26)/t10-,12-,13-/m0/s1. The average Bonchev–Trinajstić information content (AvgIpc) is 3.26. The van der Waals surface area contributed by atoms with Gasteiger partial charge in [0.2, 0.25) is 17.7 Å². The van der Waals surface area contributed by atoms with E-state index in [1.165, 1.54) is 12.3 Å². The molecule has 2 aromatic rings. The molecule has 0 unspecified atom stereocenters. The zero-order valence-corrected chi connectivity index (χ0v) is 16.2. The van der Waals surface area contributed by atoms with Gasteiger partial charge >= 0.3 is 0 Å². The van der Waals surface area contributed by atoms with Crippen molar-refractivity contribution in [3.05, 3.63) is 47.4 Å². The minimum Gasteiger partial charge on any atom is -0.300 e. The number of hydrogen-bond acceptors (Lipinski definition) is 5. The molecule has 1 saturated heterocycles. The molecule has 0 spiro atoms. The van der Waals surface area contributed by atoms with Gasteiger partial charge in [0.15, 0.2) is 5.13 Å². The Labute approximate surface area is 169 Å². The lowest BCUT2D eigenvalue weighted by Crippen LogP contribution is -2.46. The van der Waals surface area contributed by atoms with Crippen molar-refractivity contribution in [2.75, 3.05) is 5.32 Å². The summed E-state index contributed by atoms with van der Waals surface area (Å²) < 4.78 is 27.3. The number of fused-ring (bicyclic) bond motifs is 1. The summed E-state index contributed by atoms with van der Waals surface area (Å²) in [6.07, 6.45) is 4.75. The lowest BCUT2D eigenvalue weighted by atomic mass is 9.85. The molecule has 1 aromatic carbocycles. The number of hydrogen-bond donors (Lipinski definition) is 1. The number of anilines is 1. The SMILES string of the molecule is C[C@@H](C(=O)Nc1nc(-c2cc(F)ccc2F)cs1)N1C(=O)[C@H]2CC=CC[C@@H]2C1=O. The number of aromatic nitrogens is 1. The molecule has 3 atom stereocenters. The first-order valence-corrected chi connectivity index (χ1v) is 9.98. The van der Waals surface area contributed by atoms with E-state index in [1.54, 1.807) is 0 Å². The summed E-state index contributed by atoms with van der Waals surface area (Å²) in [7, 11) is 0. The van der Waals surface area contributed by atoms with Crippen LogP contribution in [0.4, 0.5) is 13.9 Å². The number of thiazole rings is 1. The van der Waals surface area contributed by atoms with Crippen molar-refractivity contribution in [3.8, 4) is 11.3 Å². The van der Waals surface area contributed by atoms with Gasteiger partial charge in [-0.15, -0.1) is 11.3 Å². The van der Waals surface area contributed by atoms with Crippen LogP contribution in [0.15, 0.2) is 35.7 Å². The highest BCUT2D eigenvalue weighted by Gasteiger charge is 2.50. The molecule has 3 amide bonds. The monoisotopic (exact) mass is 417 g/mol. The minimum atomic E-state index is -1.00. The lowest BCUT2D eigenvalue weighted by Gasteiger charge is -2.21. The summed E-state index contributed by atoms with van der Waals surface area (Å²) in [5.41, 5.74) is 0.164. The van der Waals surface area contributed by atoms with Gasteiger partial charge in [0.05, 0.1) is 17.5 Å². The van der Waals surface area contributed by atoms with Gasteiger partial charge < -0.3 is 5.32 Å². The molecule has 150 valence electrons. The number of amides is 3. The molecule has 1 aliphatic carbocycles. The highest BCUT2D eigenvalue weighted by Crippen LogP contribution is 2.36. The number of allylic oxidation sites excluding steroid dienone is 2. The molecule has 0 saturated carbocycles. The number of carbonyl (C=O) groups excluding carboxylic acids is 3. The number of carbonyl (C=O) groups is 3. The third kappa shape index (κ3) is 3.46. The zero-order chi connectivity index (χ0) is 20.7. The minimum absolute atomic E-state index is 0.0173. The van der Waals surface area contributed by atoms with E-state index in [-0.39, 0.29) is 28.2 Å². The maximum absolute atomic E-state index is 13.9. The normalized spacial score (nSPS) is 22.0. The van der Waals surface area contributed by atoms with E-state index in [9.17, 15) is 23.2 Å². The molecule has 1 N–H and O–H groups in total.